The molecule has 0 heterocycles. The molecule has 82 valence electrons. The summed E-state index contributed by atoms with van der Waals surface area (Å²) in [5.74, 6) is 0. The Balaban J connectivity index is 2.96. The van der Waals surface area contributed by atoms with Crippen LogP contribution in [0.25, 0.3) is 0 Å². The summed E-state index contributed by atoms with van der Waals surface area (Å²) >= 11 is 0. The zero-order valence-electron chi connectivity index (χ0n) is 9.59. The Labute approximate surface area is 88.3 Å². The number of nitriles is 1. The van der Waals surface area contributed by atoms with Crippen LogP contribution in [0.2, 0.25) is 0 Å². The predicted molar refractivity (Wildman–Crippen MR) is 59.0 cm³/mol. The van der Waals surface area contributed by atoms with Gasteiger partial charge in [-0.2, -0.15) is 5.26 Å². The molecular formula is C12H23NO. The van der Waals surface area contributed by atoms with Gasteiger partial charge < -0.3 is 4.74 Å². The second kappa shape index (κ2) is 10.5. The van der Waals surface area contributed by atoms with Crippen molar-refractivity contribution in [3.8, 4) is 6.07 Å². The Morgan fingerprint density at radius 3 is 2.21 bits per heavy atom. The number of unbranched alkanes of at least 4 members (excludes halogenated alkanes) is 6. The zero-order chi connectivity index (χ0) is 10.6. The quantitative estimate of drug-likeness (QED) is 0.528. The first-order chi connectivity index (χ1) is 6.81. The molecule has 0 spiro atoms. The van der Waals surface area contributed by atoms with Crippen molar-refractivity contribution >= 4 is 0 Å². The van der Waals surface area contributed by atoms with Crippen molar-refractivity contribution in [1.82, 2.24) is 0 Å². The van der Waals surface area contributed by atoms with E-state index in [9.17, 15) is 0 Å². The van der Waals surface area contributed by atoms with Gasteiger partial charge in [-0.25, -0.2) is 0 Å². The maximum atomic E-state index is 8.46. The molecule has 0 aliphatic heterocycles. The highest BCUT2D eigenvalue weighted by molar-refractivity contribution is 4.78. The monoisotopic (exact) mass is 197 g/mol. The van der Waals surface area contributed by atoms with E-state index in [1.807, 2.05) is 0 Å². The lowest BCUT2D eigenvalue weighted by Gasteiger charge is -2.04. The molecule has 0 saturated carbocycles. The molecule has 0 saturated heterocycles. The minimum Gasteiger partial charge on any atom is -0.364 e. The van der Waals surface area contributed by atoms with Crippen molar-refractivity contribution in [3.05, 3.63) is 0 Å². The average molecular weight is 197 g/mol. The van der Waals surface area contributed by atoms with Crippen molar-refractivity contribution in [2.75, 3.05) is 6.61 Å². The van der Waals surface area contributed by atoms with Gasteiger partial charge >= 0.3 is 0 Å². The topological polar surface area (TPSA) is 33.0 Å². The van der Waals surface area contributed by atoms with Crippen molar-refractivity contribution in [2.24, 2.45) is 0 Å². The summed E-state index contributed by atoms with van der Waals surface area (Å²) in [6.07, 6.45) is 8.79. The number of rotatable bonds is 9. The Kier molecular flexibility index (Phi) is 10.1. The fraction of sp³-hybridized carbons (Fsp3) is 0.917. The van der Waals surface area contributed by atoms with E-state index in [0.717, 1.165) is 13.0 Å². The molecule has 0 aromatic carbocycles. The molecule has 14 heavy (non-hydrogen) atoms. The summed E-state index contributed by atoms with van der Waals surface area (Å²) in [7, 11) is 0. The maximum Gasteiger partial charge on any atom is 0.141 e. The van der Waals surface area contributed by atoms with Gasteiger partial charge in [-0.1, -0.05) is 45.4 Å². The van der Waals surface area contributed by atoms with Crippen molar-refractivity contribution < 1.29 is 4.74 Å². The smallest absolute Gasteiger partial charge is 0.141 e. The zero-order valence-corrected chi connectivity index (χ0v) is 9.59. The molecule has 1 unspecified atom stereocenters. The standard InChI is InChI=1S/C12H23NO/c1-3-4-5-6-7-8-9-10-14-12(2)11-13/h12H,3-10H2,1-2H3. The van der Waals surface area contributed by atoms with E-state index in [1.165, 1.54) is 38.5 Å². The molecule has 0 amide bonds. The minimum atomic E-state index is -0.241. The van der Waals surface area contributed by atoms with E-state index >= 15 is 0 Å². The number of nitrogens with zero attached hydrogens (tertiary/aromatic N) is 1. The van der Waals surface area contributed by atoms with Gasteiger partial charge in [0.25, 0.3) is 0 Å². The fourth-order valence-corrected chi connectivity index (χ4v) is 1.36. The van der Waals surface area contributed by atoms with E-state index < -0.39 is 0 Å². The number of hydrogen-bond donors (Lipinski definition) is 0. The molecule has 0 aliphatic carbocycles. The lowest BCUT2D eigenvalue weighted by molar-refractivity contribution is 0.0984. The molecule has 0 N–H and O–H groups in total. The van der Waals surface area contributed by atoms with Crippen LogP contribution in [0, 0.1) is 11.3 Å². The van der Waals surface area contributed by atoms with Gasteiger partial charge in [0.15, 0.2) is 0 Å². The first kappa shape index (κ1) is 13.4. The summed E-state index contributed by atoms with van der Waals surface area (Å²) < 4.78 is 5.26. The van der Waals surface area contributed by atoms with Crippen LogP contribution in [0.3, 0.4) is 0 Å². The van der Waals surface area contributed by atoms with Crippen LogP contribution < -0.4 is 0 Å². The van der Waals surface area contributed by atoms with Crippen molar-refractivity contribution in [1.29, 1.82) is 5.26 Å². The van der Waals surface area contributed by atoms with Crippen molar-refractivity contribution in [2.45, 2.75) is 64.9 Å². The second-order valence-electron chi connectivity index (χ2n) is 3.76. The van der Waals surface area contributed by atoms with Gasteiger partial charge in [-0.3, -0.25) is 0 Å². The van der Waals surface area contributed by atoms with Crippen LogP contribution in [-0.4, -0.2) is 12.7 Å². The average Bonchev–Trinajstić information content (AvgIpc) is 2.21. The highest BCUT2D eigenvalue weighted by atomic mass is 16.5. The summed E-state index contributed by atoms with van der Waals surface area (Å²) in [4.78, 5) is 0. The summed E-state index contributed by atoms with van der Waals surface area (Å²) in [6.45, 7) is 4.76. The maximum absolute atomic E-state index is 8.46. The van der Waals surface area contributed by atoms with E-state index in [1.54, 1.807) is 6.92 Å². The molecule has 0 radical (unpaired) electrons. The van der Waals surface area contributed by atoms with Crippen LogP contribution in [0.15, 0.2) is 0 Å². The highest BCUT2D eigenvalue weighted by Crippen LogP contribution is 2.07. The third-order valence-electron chi connectivity index (χ3n) is 2.30. The van der Waals surface area contributed by atoms with Gasteiger partial charge in [0.2, 0.25) is 0 Å². The van der Waals surface area contributed by atoms with Gasteiger partial charge in [-0.05, 0) is 13.3 Å². The molecule has 0 rings (SSSR count). The van der Waals surface area contributed by atoms with Crippen LogP contribution in [0.5, 0.6) is 0 Å². The lowest BCUT2D eigenvalue weighted by atomic mass is 10.1. The Morgan fingerprint density at radius 2 is 1.64 bits per heavy atom. The minimum absolute atomic E-state index is 0.241. The van der Waals surface area contributed by atoms with E-state index in [-0.39, 0.29) is 6.10 Å². The van der Waals surface area contributed by atoms with Gasteiger partial charge in [-0.15, -0.1) is 0 Å². The van der Waals surface area contributed by atoms with Crippen molar-refractivity contribution in [3.63, 3.8) is 0 Å². The lowest BCUT2D eigenvalue weighted by Crippen LogP contribution is -2.05. The second-order valence-corrected chi connectivity index (χ2v) is 3.76. The Hall–Kier alpha value is -0.550. The molecule has 0 fully saturated rings. The van der Waals surface area contributed by atoms with E-state index in [2.05, 4.69) is 13.0 Å². The largest absolute Gasteiger partial charge is 0.364 e. The van der Waals surface area contributed by atoms with E-state index in [4.69, 9.17) is 10.00 Å². The normalized spacial score (nSPS) is 12.4. The predicted octanol–water partition coefficient (Wildman–Crippen LogP) is 3.67. The molecule has 0 aromatic heterocycles. The SMILES string of the molecule is CCCCCCCCCOC(C)C#N. The molecule has 2 heteroatoms. The number of hydrogen-bond acceptors (Lipinski definition) is 2. The molecule has 2 nitrogen and oxygen atoms in total. The Bertz CT molecular complexity index is 151. The summed E-state index contributed by atoms with van der Waals surface area (Å²) in [5, 5.41) is 8.46. The van der Waals surface area contributed by atoms with Crippen LogP contribution in [0.4, 0.5) is 0 Å². The van der Waals surface area contributed by atoms with E-state index in [0.29, 0.717) is 0 Å². The fourth-order valence-electron chi connectivity index (χ4n) is 1.36. The van der Waals surface area contributed by atoms with Crippen LogP contribution >= 0.6 is 0 Å². The molecule has 1 atom stereocenters. The Morgan fingerprint density at radius 1 is 1.07 bits per heavy atom. The molecule has 0 aliphatic rings. The third-order valence-corrected chi connectivity index (χ3v) is 2.30. The first-order valence-corrected chi connectivity index (χ1v) is 5.82. The summed E-state index contributed by atoms with van der Waals surface area (Å²) in [5.41, 5.74) is 0. The molecule has 0 aromatic rings. The summed E-state index contributed by atoms with van der Waals surface area (Å²) in [6, 6.07) is 2.06. The molecule has 0 bridgehead atoms. The number of ether oxygens (including phenoxy) is 1. The van der Waals surface area contributed by atoms with Crippen LogP contribution in [0.1, 0.15) is 58.8 Å². The highest BCUT2D eigenvalue weighted by Gasteiger charge is 1.97. The third kappa shape index (κ3) is 9.54. The first-order valence-electron chi connectivity index (χ1n) is 5.82. The molecular weight excluding hydrogens is 174 g/mol. The van der Waals surface area contributed by atoms with Gasteiger partial charge in [0, 0.05) is 6.61 Å². The van der Waals surface area contributed by atoms with Gasteiger partial charge in [0.05, 0.1) is 6.07 Å². The van der Waals surface area contributed by atoms with Crippen LogP contribution in [-0.2, 0) is 4.74 Å². The van der Waals surface area contributed by atoms with Gasteiger partial charge in [0.1, 0.15) is 6.10 Å².